The Bertz CT molecular complexity index is 549. The fourth-order valence-electron chi connectivity index (χ4n) is 1.76. The van der Waals surface area contributed by atoms with Crippen molar-refractivity contribution in [3.63, 3.8) is 0 Å². The fourth-order valence-corrected chi connectivity index (χ4v) is 2.47. The Morgan fingerprint density at radius 1 is 1.30 bits per heavy atom. The lowest BCUT2D eigenvalue weighted by Gasteiger charge is -2.08. The van der Waals surface area contributed by atoms with Crippen LogP contribution in [0, 0.1) is 0 Å². The molecule has 1 aromatic heterocycles. The van der Waals surface area contributed by atoms with Crippen LogP contribution >= 0.6 is 11.3 Å². The summed E-state index contributed by atoms with van der Waals surface area (Å²) in [6.07, 6.45) is 3.28. The van der Waals surface area contributed by atoms with Crippen LogP contribution < -0.4 is 5.32 Å². The van der Waals surface area contributed by atoms with Crippen molar-refractivity contribution in [3.05, 3.63) is 64.4 Å². The van der Waals surface area contributed by atoms with Gasteiger partial charge in [0.05, 0.1) is 6.10 Å². The minimum absolute atomic E-state index is 0.147. The molecule has 2 aromatic rings. The van der Waals surface area contributed by atoms with E-state index in [1.165, 1.54) is 6.08 Å². The van der Waals surface area contributed by atoms with Crippen LogP contribution in [0.1, 0.15) is 23.7 Å². The SMILES string of the molecule is O=C(/C=C/c1ccccc1)NCCC(O)c1ccsc1. The van der Waals surface area contributed by atoms with Gasteiger partial charge in [-0.05, 0) is 40.5 Å². The lowest BCUT2D eigenvalue weighted by atomic mass is 10.1. The number of amides is 1. The molecule has 0 aliphatic carbocycles. The van der Waals surface area contributed by atoms with Crippen molar-refractivity contribution in [1.82, 2.24) is 5.32 Å². The zero-order valence-corrected chi connectivity index (χ0v) is 11.8. The average molecular weight is 287 g/mol. The summed E-state index contributed by atoms with van der Waals surface area (Å²) >= 11 is 1.55. The Morgan fingerprint density at radius 3 is 2.80 bits per heavy atom. The van der Waals surface area contributed by atoms with Crippen LogP contribution in [-0.2, 0) is 4.79 Å². The first-order valence-corrected chi connectivity index (χ1v) is 7.41. The minimum atomic E-state index is -0.514. The number of carbonyl (C=O) groups excluding carboxylic acids is 1. The maximum Gasteiger partial charge on any atom is 0.244 e. The smallest absolute Gasteiger partial charge is 0.244 e. The summed E-state index contributed by atoms with van der Waals surface area (Å²) in [6.45, 7) is 0.453. The molecule has 0 spiro atoms. The van der Waals surface area contributed by atoms with Gasteiger partial charge in [-0.1, -0.05) is 30.3 Å². The van der Waals surface area contributed by atoms with Crippen LogP contribution in [0.15, 0.2) is 53.2 Å². The summed E-state index contributed by atoms with van der Waals surface area (Å²) in [4.78, 5) is 11.6. The molecule has 0 saturated heterocycles. The first-order valence-electron chi connectivity index (χ1n) is 6.47. The molecule has 1 aromatic carbocycles. The third-order valence-corrected chi connectivity index (χ3v) is 3.57. The largest absolute Gasteiger partial charge is 0.388 e. The summed E-state index contributed by atoms with van der Waals surface area (Å²) in [5.41, 5.74) is 1.89. The van der Waals surface area contributed by atoms with Crippen molar-refractivity contribution in [2.75, 3.05) is 6.54 Å². The summed E-state index contributed by atoms with van der Waals surface area (Å²) in [7, 11) is 0. The van der Waals surface area contributed by atoms with Gasteiger partial charge in [-0.2, -0.15) is 11.3 Å². The molecule has 4 heteroatoms. The highest BCUT2D eigenvalue weighted by Gasteiger charge is 2.07. The van der Waals surface area contributed by atoms with Crippen molar-refractivity contribution in [1.29, 1.82) is 0 Å². The first-order chi connectivity index (χ1) is 9.75. The second-order valence-electron chi connectivity index (χ2n) is 4.40. The first kappa shape index (κ1) is 14.5. The summed E-state index contributed by atoms with van der Waals surface area (Å²) in [5.74, 6) is -0.147. The van der Waals surface area contributed by atoms with Crippen LogP contribution in [0.2, 0.25) is 0 Å². The third kappa shape index (κ3) is 4.64. The van der Waals surface area contributed by atoms with Crippen LogP contribution in [0.4, 0.5) is 0 Å². The van der Waals surface area contributed by atoms with E-state index in [-0.39, 0.29) is 5.91 Å². The van der Waals surface area contributed by atoms with Gasteiger partial charge < -0.3 is 10.4 Å². The van der Waals surface area contributed by atoms with E-state index in [0.29, 0.717) is 13.0 Å². The molecule has 0 saturated carbocycles. The van der Waals surface area contributed by atoms with Gasteiger partial charge in [-0.25, -0.2) is 0 Å². The highest BCUT2D eigenvalue weighted by molar-refractivity contribution is 7.07. The van der Waals surface area contributed by atoms with Crippen molar-refractivity contribution >= 4 is 23.3 Å². The van der Waals surface area contributed by atoms with Gasteiger partial charge in [-0.15, -0.1) is 0 Å². The normalized spacial score (nSPS) is 12.4. The molecule has 2 N–H and O–H groups in total. The van der Waals surface area contributed by atoms with Crippen LogP contribution in [0.5, 0.6) is 0 Å². The predicted octanol–water partition coefficient (Wildman–Crippen LogP) is 3.00. The number of nitrogens with one attached hydrogen (secondary N) is 1. The monoisotopic (exact) mass is 287 g/mol. The number of carbonyl (C=O) groups is 1. The molecule has 2 rings (SSSR count). The van der Waals surface area contributed by atoms with E-state index in [0.717, 1.165) is 11.1 Å². The lowest BCUT2D eigenvalue weighted by molar-refractivity contribution is -0.116. The Morgan fingerprint density at radius 2 is 2.10 bits per heavy atom. The zero-order chi connectivity index (χ0) is 14.2. The van der Waals surface area contributed by atoms with E-state index >= 15 is 0 Å². The van der Waals surface area contributed by atoms with Crippen LogP contribution in [0.25, 0.3) is 6.08 Å². The maximum atomic E-state index is 11.6. The van der Waals surface area contributed by atoms with Gasteiger partial charge >= 0.3 is 0 Å². The van der Waals surface area contributed by atoms with E-state index in [2.05, 4.69) is 5.32 Å². The number of aliphatic hydroxyl groups is 1. The van der Waals surface area contributed by atoms with Gasteiger partial charge in [0.1, 0.15) is 0 Å². The molecule has 104 valence electrons. The molecule has 20 heavy (non-hydrogen) atoms. The molecule has 0 fully saturated rings. The van der Waals surface area contributed by atoms with Gasteiger partial charge in [0.15, 0.2) is 0 Å². The third-order valence-electron chi connectivity index (χ3n) is 2.87. The highest BCUT2D eigenvalue weighted by atomic mass is 32.1. The molecule has 1 amide bonds. The van der Waals surface area contributed by atoms with Crippen molar-refractivity contribution in [2.45, 2.75) is 12.5 Å². The standard InChI is InChI=1S/C16H17NO2S/c18-15(14-9-11-20-12-14)8-10-17-16(19)7-6-13-4-2-1-3-5-13/h1-7,9,11-12,15,18H,8,10H2,(H,17,19)/b7-6+. The highest BCUT2D eigenvalue weighted by Crippen LogP contribution is 2.18. The number of hydrogen-bond acceptors (Lipinski definition) is 3. The van der Waals surface area contributed by atoms with E-state index in [1.54, 1.807) is 17.4 Å². The summed E-state index contributed by atoms with van der Waals surface area (Å²) in [6, 6.07) is 11.5. The number of aliphatic hydroxyl groups excluding tert-OH is 1. The minimum Gasteiger partial charge on any atom is -0.388 e. The molecule has 0 radical (unpaired) electrons. The van der Waals surface area contributed by atoms with E-state index in [9.17, 15) is 9.90 Å². The van der Waals surface area contributed by atoms with Gasteiger partial charge in [-0.3, -0.25) is 4.79 Å². The molecular formula is C16H17NO2S. The van der Waals surface area contributed by atoms with E-state index in [4.69, 9.17) is 0 Å². The Kier molecular flexibility index (Phi) is 5.53. The van der Waals surface area contributed by atoms with Crippen molar-refractivity contribution < 1.29 is 9.90 Å². The quantitative estimate of drug-likeness (QED) is 0.802. The molecule has 3 nitrogen and oxygen atoms in total. The molecule has 1 heterocycles. The summed E-state index contributed by atoms with van der Waals surface area (Å²) < 4.78 is 0. The Hall–Kier alpha value is -1.91. The topological polar surface area (TPSA) is 49.3 Å². The average Bonchev–Trinajstić information content (AvgIpc) is 3.00. The molecule has 1 unspecified atom stereocenters. The Labute approximate surface area is 122 Å². The van der Waals surface area contributed by atoms with Gasteiger partial charge in [0.25, 0.3) is 0 Å². The number of benzene rings is 1. The van der Waals surface area contributed by atoms with Crippen molar-refractivity contribution in [2.24, 2.45) is 0 Å². The molecule has 0 bridgehead atoms. The number of hydrogen-bond donors (Lipinski definition) is 2. The van der Waals surface area contributed by atoms with E-state index in [1.807, 2.05) is 47.2 Å². The number of rotatable bonds is 6. The summed E-state index contributed by atoms with van der Waals surface area (Å²) in [5, 5.41) is 16.5. The predicted molar refractivity (Wildman–Crippen MR) is 82.4 cm³/mol. The van der Waals surface area contributed by atoms with Crippen LogP contribution in [-0.4, -0.2) is 17.6 Å². The van der Waals surface area contributed by atoms with Gasteiger partial charge in [0.2, 0.25) is 5.91 Å². The second kappa shape index (κ2) is 7.62. The Balaban J connectivity index is 1.72. The zero-order valence-electron chi connectivity index (χ0n) is 11.0. The van der Waals surface area contributed by atoms with Crippen molar-refractivity contribution in [3.8, 4) is 0 Å². The van der Waals surface area contributed by atoms with E-state index < -0.39 is 6.10 Å². The molecule has 0 aliphatic heterocycles. The van der Waals surface area contributed by atoms with Crippen LogP contribution in [0.3, 0.4) is 0 Å². The fraction of sp³-hybridized carbons (Fsp3) is 0.188. The lowest BCUT2D eigenvalue weighted by Crippen LogP contribution is -2.23. The molecule has 0 aliphatic rings. The second-order valence-corrected chi connectivity index (χ2v) is 5.18. The molecular weight excluding hydrogens is 270 g/mol. The molecule has 1 atom stereocenters. The maximum absolute atomic E-state index is 11.6. The number of thiophene rings is 1. The van der Waals surface area contributed by atoms with Gasteiger partial charge in [0, 0.05) is 12.6 Å².